The largest absolute Gasteiger partial charge is 0.478 e. The molecule has 0 aliphatic heterocycles. The first-order chi connectivity index (χ1) is 10.1. The lowest BCUT2D eigenvalue weighted by molar-refractivity contribution is -0.111. The van der Waals surface area contributed by atoms with Crippen LogP contribution in [-0.4, -0.2) is 17.0 Å². The Morgan fingerprint density at radius 2 is 1.81 bits per heavy atom. The van der Waals surface area contributed by atoms with Gasteiger partial charge in [-0.1, -0.05) is 24.1 Å². The molecule has 0 spiro atoms. The van der Waals surface area contributed by atoms with Gasteiger partial charge in [0.15, 0.2) is 0 Å². The maximum absolute atomic E-state index is 11.7. The van der Waals surface area contributed by atoms with Gasteiger partial charge in [-0.15, -0.1) is 0 Å². The van der Waals surface area contributed by atoms with Crippen LogP contribution in [0.4, 0.5) is 5.69 Å². The van der Waals surface area contributed by atoms with Crippen molar-refractivity contribution < 1.29 is 14.7 Å². The van der Waals surface area contributed by atoms with Gasteiger partial charge in [-0.05, 0) is 46.3 Å². The number of rotatable bonds is 2. The van der Waals surface area contributed by atoms with Gasteiger partial charge < -0.3 is 10.4 Å². The van der Waals surface area contributed by atoms with E-state index in [0.717, 1.165) is 5.56 Å². The normalized spacial score (nSPS) is 9.38. The highest BCUT2D eigenvalue weighted by atomic mass is 79.9. The van der Waals surface area contributed by atoms with Gasteiger partial charge in [0, 0.05) is 21.6 Å². The average Bonchev–Trinajstić information content (AvgIpc) is 2.48. The monoisotopic (exact) mass is 343 g/mol. The van der Waals surface area contributed by atoms with Crippen LogP contribution in [0.2, 0.25) is 0 Å². The van der Waals surface area contributed by atoms with Crippen LogP contribution in [0, 0.1) is 11.8 Å². The molecule has 2 rings (SSSR count). The predicted molar refractivity (Wildman–Crippen MR) is 83.1 cm³/mol. The Balaban J connectivity index is 2.12. The number of carboxylic acid groups (broad SMARTS) is 1. The molecule has 0 aromatic heterocycles. The fraction of sp³-hybridized carbons (Fsp3) is 0. The molecule has 0 bridgehead atoms. The van der Waals surface area contributed by atoms with Crippen LogP contribution in [0.1, 0.15) is 15.9 Å². The number of amides is 1. The fourth-order valence-corrected chi connectivity index (χ4v) is 2.00. The summed E-state index contributed by atoms with van der Waals surface area (Å²) in [7, 11) is 0. The highest BCUT2D eigenvalue weighted by Gasteiger charge is 2.09. The summed E-state index contributed by atoms with van der Waals surface area (Å²) in [6.07, 6.45) is 0. The Kier molecular flexibility index (Phi) is 4.75. The lowest BCUT2D eigenvalue weighted by Crippen LogP contribution is -2.09. The average molecular weight is 344 g/mol. The molecule has 21 heavy (non-hydrogen) atoms. The Bertz CT molecular complexity index is 745. The number of hydrogen-bond donors (Lipinski definition) is 2. The number of carboxylic acids is 1. The molecule has 0 saturated carbocycles. The van der Waals surface area contributed by atoms with Crippen molar-refractivity contribution in [3.8, 4) is 11.8 Å². The van der Waals surface area contributed by atoms with Crippen LogP contribution in [0.3, 0.4) is 0 Å². The number of anilines is 1. The summed E-state index contributed by atoms with van der Waals surface area (Å²) in [6.45, 7) is 0. The van der Waals surface area contributed by atoms with Gasteiger partial charge in [-0.3, -0.25) is 4.79 Å². The summed E-state index contributed by atoms with van der Waals surface area (Å²) < 4.78 is 0.448. The summed E-state index contributed by atoms with van der Waals surface area (Å²) in [4.78, 5) is 22.7. The maximum atomic E-state index is 11.7. The maximum Gasteiger partial charge on any atom is 0.336 e. The Morgan fingerprint density at radius 3 is 2.48 bits per heavy atom. The first-order valence-corrected chi connectivity index (χ1v) is 6.76. The summed E-state index contributed by atoms with van der Waals surface area (Å²) >= 11 is 3.14. The van der Waals surface area contributed by atoms with Crippen LogP contribution in [-0.2, 0) is 4.79 Å². The van der Waals surface area contributed by atoms with E-state index in [1.807, 2.05) is 18.2 Å². The Hall–Kier alpha value is -2.58. The van der Waals surface area contributed by atoms with E-state index in [4.69, 9.17) is 5.11 Å². The molecular weight excluding hydrogens is 334 g/mol. The SMILES string of the molecule is O=C(C#Cc1ccccc1)Nc1ccc(Br)c(C(=O)O)c1. The molecule has 1 amide bonds. The number of hydrogen-bond acceptors (Lipinski definition) is 2. The van der Waals surface area contributed by atoms with Crippen LogP contribution >= 0.6 is 15.9 Å². The van der Waals surface area contributed by atoms with Gasteiger partial charge in [0.2, 0.25) is 0 Å². The third kappa shape index (κ3) is 4.20. The minimum absolute atomic E-state index is 0.0730. The zero-order chi connectivity index (χ0) is 15.2. The molecule has 0 saturated heterocycles. The fourth-order valence-electron chi connectivity index (χ4n) is 1.58. The molecular formula is C16H10BrNO3. The molecule has 104 valence electrons. The number of carbonyl (C=O) groups is 2. The zero-order valence-electron chi connectivity index (χ0n) is 10.8. The Morgan fingerprint density at radius 1 is 1.10 bits per heavy atom. The number of aromatic carboxylic acids is 1. The van der Waals surface area contributed by atoms with Crippen molar-refractivity contribution in [1.29, 1.82) is 0 Å². The van der Waals surface area contributed by atoms with E-state index >= 15 is 0 Å². The molecule has 0 radical (unpaired) electrons. The van der Waals surface area contributed by atoms with Crippen molar-refractivity contribution in [3.05, 3.63) is 64.1 Å². The summed E-state index contributed by atoms with van der Waals surface area (Å²) in [6, 6.07) is 13.6. The van der Waals surface area contributed by atoms with Crippen molar-refractivity contribution in [2.24, 2.45) is 0 Å². The lowest BCUT2D eigenvalue weighted by Gasteiger charge is -2.04. The van der Waals surface area contributed by atoms with Crippen LogP contribution < -0.4 is 5.32 Å². The van der Waals surface area contributed by atoms with Gasteiger partial charge >= 0.3 is 11.9 Å². The van der Waals surface area contributed by atoms with E-state index < -0.39 is 11.9 Å². The molecule has 0 aliphatic rings. The van der Waals surface area contributed by atoms with Crippen LogP contribution in [0.5, 0.6) is 0 Å². The minimum atomic E-state index is -1.08. The molecule has 0 aliphatic carbocycles. The quantitative estimate of drug-likeness (QED) is 0.823. The van der Waals surface area contributed by atoms with Gasteiger partial charge in [0.1, 0.15) is 0 Å². The summed E-state index contributed by atoms with van der Waals surface area (Å²) in [5, 5.41) is 11.5. The van der Waals surface area contributed by atoms with Crippen molar-refractivity contribution in [1.82, 2.24) is 0 Å². The molecule has 0 unspecified atom stereocenters. The van der Waals surface area contributed by atoms with Gasteiger partial charge in [0.25, 0.3) is 0 Å². The standard InChI is InChI=1S/C16H10BrNO3/c17-14-8-7-12(10-13(14)16(20)21)18-15(19)9-6-11-4-2-1-3-5-11/h1-5,7-8,10H,(H,18,19)(H,20,21). The molecule has 2 N–H and O–H groups in total. The van der Waals surface area contributed by atoms with Crippen LogP contribution in [0.25, 0.3) is 0 Å². The third-order valence-corrected chi connectivity index (χ3v) is 3.24. The highest BCUT2D eigenvalue weighted by Crippen LogP contribution is 2.21. The molecule has 0 fully saturated rings. The van der Waals surface area contributed by atoms with Gasteiger partial charge in [-0.25, -0.2) is 4.79 Å². The summed E-state index contributed by atoms with van der Waals surface area (Å²) in [5.41, 5.74) is 1.18. The molecule has 5 heteroatoms. The highest BCUT2D eigenvalue weighted by molar-refractivity contribution is 9.10. The number of benzene rings is 2. The van der Waals surface area contributed by atoms with E-state index in [-0.39, 0.29) is 5.56 Å². The molecule has 2 aromatic rings. The first kappa shape index (κ1) is 14.8. The van der Waals surface area contributed by atoms with Crippen molar-refractivity contribution >= 4 is 33.5 Å². The third-order valence-electron chi connectivity index (χ3n) is 2.55. The molecule has 0 heterocycles. The van der Waals surface area contributed by atoms with E-state index in [9.17, 15) is 9.59 Å². The molecule has 0 atom stereocenters. The second kappa shape index (κ2) is 6.73. The minimum Gasteiger partial charge on any atom is -0.478 e. The molecule has 4 nitrogen and oxygen atoms in total. The smallest absolute Gasteiger partial charge is 0.336 e. The Labute approximate surface area is 129 Å². The van der Waals surface area contributed by atoms with Crippen molar-refractivity contribution in [2.45, 2.75) is 0 Å². The van der Waals surface area contributed by atoms with Gasteiger partial charge in [-0.2, -0.15) is 0 Å². The number of carbonyl (C=O) groups excluding carboxylic acids is 1. The van der Waals surface area contributed by atoms with E-state index in [2.05, 4.69) is 33.1 Å². The summed E-state index contributed by atoms with van der Waals surface area (Å²) in [5.74, 6) is 3.60. The lowest BCUT2D eigenvalue weighted by atomic mass is 10.2. The van der Waals surface area contributed by atoms with Crippen molar-refractivity contribution in [3.63, 3.8) is 0 Å². The topological polar surface area (TPSA) is 66.4 Å². The number of halogens is 1. The van der Waals surface area contributed by atoms with Crippen molar-refractivity contribution in [2.75, 3.05) is 5.32 Å². The second-order valence-corrected chi connectivity index (χ2v) is 4.92. The zero-order valence-corrected chi connectivity index (χ0v) is 12.3. The van der Waals surface area contributed by atoms with Crippen LogP contribution in [0.15, 0.2) is 53.0 Å². The molecule has 2 aromatic carbocycles. The van der Waals surface area contributed by atoms with E-state index in [1.165, 1.54) is 6.07 Å². The van der Waals surface area contributed by atoms with Gasteiger partial charge in [0.05, 0.1) is 5.56 Å². The first-order valence-electron chi connectivity index (χ1n) is 5.97. The number of nitrogens with one attached hydrogen (secondary N) is 1. The second-order valence-electron chi connectivity index (χ2n) is 4.07. The van der Waals surface area contributed by atoms with E-state index in [1.54, 1.807) is 24.3 Å². The predicted octanol–water partition coefficient (Wildman–Crippen LogP) is 3.14. The van der Waals surface area contributed by atoms with E-state index in [0.29, 0.717) is 10.2 Å².